The fraction of sp³-hybridized carbons (Fsp3) is 0. The van der Waals surface area contributed by atoms with Gasteiger partial charge >= 0.3 is 82.1 Å². The number of hydrogen-bond donors (Lipinski definition) is 0. The van der Waals surface area contributed by atoms with Crippen LogP contribution in [0.2, 0.25) is 0 Å². The molecule has 0 radical (unpaired) electrons. The van der Waals surface area contributed by atoms with Crippen LogP contribution >= 0.6 is 0 Å². The number of rotatable bonds is 2. The van der Waals surface area contributed by atoms with Gasteiger partial charge in [0.25, 0.3) is 0 Å². The maximum absolute atomic E-state index is 4.22. The molecule has 2 rings (SSSR count). The van der Waals surface area contributed by atoms with Gasteiger partial charge in [-0.05, 0) is 0 Å². The third-order valence-electron chi connectivity index (χ3n) is 1.38. The van der Waals surface area contributed by atoms with Crippen molar-refractivity contribution in [1.82, 2.24) is 15.0 Å². The van der Waals surface area contributed by atoms with E-state index in [0.29, 0.717) is 0 Å². The molecule has 3 nitrogen and oxygen atoms in total. The summed E-state index contributed by atoms with van der Waals surface area (Å²) in [6, 6.07) is 7.70. The molecule has 2 heterocycles. The van der Waals surface area contributed by atoms with Crippen molar-refractivity contribution < 1.29 is 0 Å². The van der Waals surface area contributed by atoms with Crippen LogP contribution < -0.4 is 9.32 Å². The first-order chi connectivity index (χ1) is 6.45. The summed E-state index contributed by atoms with van der Waals surface area (Å²) in [6.07, 6.45) is 5.31. The Bertz CT molecular complexity index is 326. The van der Waals surface area contributed by atoms with E-state index in [1.807, 2.05) is 24.3 Å². The minimum absolute atomic E-state index is 0.127. The average Bonchev–Trinajstić information content (AvgIpc) is 2.21. The molecule has 0 bridgehead atoms. The fourth-order valence-electron chi connectivity index (χ4n) is 0.839. The van der Waals surface area contributed by atoms with Crippen LogP contribution in [0.25, 0.3) is 0 Å². The molecule has 0 saturated heterocycles. The Morgan fingerprint density at radius 1 is 0.846 bits per heavy atom. The molecule has 0 aliphatic heterocycles. The van der Waals surface area contributed by atoms with Gasteiger partial charge in [-0.1, -0.05) is 0 Å². The van der Waals surface area contributed by atoms with E-state index in [9.17, 15) is 0 Å². The Balaban J connectivity index is 2.16. The third kappa shape index (κ3) is 2.34. The van der Waals surface area contributed by atoms with Gasteiger partial charge in [0.1, 0.15) is 0 Å². The van der Waals surface area contributed by atoms with Crippen molar-refractivity contribution in [2.45, 2.75) is 0 Å². The first-order valence-electron chi connectivity index (χ1n) is 3.81. The molecule has 0 aliphatic rings. The van der Waals surface area contributed by atoms with Crippen molar-refractivity contribution in [3.05, 3.63) is 42.9 Å². The monoisotopic (exact) mass is 237 g/mol. The molecule has 0 aliphatic carbocycles. The summed E-state index contributed by atoms with van der Waals surface area (Å²) in [4.78, 5) is 12.5. The Hall–Kier alpha value is -1.25. The Labute approximate surface area is 82.4 Å². The zero-order chi connectivity index (χ0) is 8.93. The van der Waals surface area contributed by atoms with Crippen molar-refractivity contribution in [2.75, 3.05) is 0 Å². The van der Waals surface area contributed by atoms with E-state index >= 15 is 0 Å². The quantitative estimate of drug-likeness (QED) is 0.661. The van der Waals surface area contributed by atoms with E-state index in [4.69, 9.17) is 0 Å². The molecule has 64 valence electrons. The second kappa shape index (κ2) is 4.12. The molecule has 0 N–H and O–H groups in total. The van der Waals surface area contributed by atoms with E-state index in [-0.39, 0.29) is 15.0 Å². The van der Waals surface area contributed by atoms with Gasteiger partial charge < -0.3 is 0 Å². The summed E-state index contributed by atoms with van der Waals surface area (Å²) in [5.41, 5.74) is 0. The maximum atomic E-state index is 4.22. The molecule has 2 aromatic heterocycles. The zero-order valence-electron chi connectivity index (χ0n) is 6.79. The molecular weight excluding hydrogens is 229 g/mol. The van der Waals surface area contributed by atoms with Crippen LogP contribution in [0, 0.1) is 0 Å². The number of hydrogen-bond acceptors (Lipinski definition) is 3. The Morgan fingerprint density at radius 3 is 2.31 bits per heavy atom. The topological polar surface area (TPSA) is 38.7 Å². The third-order valence-corrected chi connectivity index (χ3v) is 3.15. The van der Waals surface area contributed by atoms with Gasteiger partial charge in [0, 0.05) is 0 Å². The molecule has 0 saturated carbocycles. The summed E-state index contributed by atoms with van der Waals surface area (Å²) in [7, 11) is 0. The van der Waals surface area contributed by atoms with Crippen molar-refractivity contribution >= 4 is 24.3 Å². The first-order valence-corrected chi connectivity index (χ1v) is 5.52. The van der Waals surface area contributed by atoms with Gasteiger partial charge in [-0.2, -0.15) is 0 Å². The first kappa shape index (κ1) is 8.35. The van der Waals surface area contributed by atoms with Gasteiger partial charge in [0.05, 0.1) is 0 Å². The van der Waals surface area contributed by atoms with Crippen LogP contribution in [0.1, 0.15) is 0 Å². The molecule has 4 heteroatoms. The number of nitrogens with zero attached hydrogens (tertiary/aromatic N) is 3. The summed E-state index contributed by atoms with van der Waals surface area (Å²) in [5, 5.41) is 0. The van der Waals surface area contributed by atoms with E-state index in [1.54, 1.807) is 18.6 Å². The Morgan fingerprint density at radius 2 is 1.62 bits per heavy atom. The van der Waals surface area contributed by atoms with E-state index < -0.39 is 0 Å². The zero-order valence-corrected chi connectivity index (χ0v) is 8.50. The molecule has 0 amide bonds. The van der Waals surface area contributed by atoms with Crippen LogP contribution in [0.3, 0.4) is 0 Å². The van der Waals surface area contributed by atoms with E-state index in [2.05, 4.69) is 15.0 Å². The van der Waals surface area contributed by atoms with Crippen molar-refractivity contribution in [3.8, 4) is 0 Å². The number of aromatic nitrogens is 3. The SMILES string of the molecule is c1ccc([Se]c2ncccn2)nc1. The normalized spacial score (nSPS) is 9.85. The molecule has 0 spiro atoms. The summed E-state index contributed by atoms with van der Waals surface area (Å²) in [5.74, 6) is 0. The molecular formula is C9H7N3Se. The predicted octanol–water partition coefficient (Wildman–Crippen LogP) is -0.473. The van der Waals surface area contributed by atoms with Gasteiger partial charge in [-0.25, -0.2) is 0 Å². The van der Waals surface area contributed by atoms with Crippen LogP contribution in [-0.4, -0.2) is 29.9 Å². The van der Waals surface area contributed by atoms with Crippen molar-refractivity contribution in [1.29, 1.82) is 0 Å². The standard InChI is InChI=1S/C9H7N3Se/c1-2-5-10-8(4-1)13-9-11-6-3-7-12-9/h1-7H. The van der Waals surface area contributed by atoms with Crippen LogP contribution in [0.4, 0.5) is 0 Å². The minimum atomic E-state index is 0.127. The second-order valence-electron chi connectivity index (χ2n) is 2.30. The van der Waals surface area contributed by atoms with E-state index in [1.165, 1.54) is 0 Å². The predicted molar refractivity (Wildman–Crippen MR) is 51.3 cm³/mol. The van der Waals surface area contributed by atoms with Gasteiger partial charge in [0.15, 0.2) is 0 Å². The average molecular weight is 236 g/mol. The van der Waals surface area contributed by atoms with Crippen LogP contribution in [0.5, 0.6) is 0 Å². The summed E-state index contributed by atoms with van der Waals surface area (Å²) >= 11 is 0.127. The summed E-state index contributed by atoms with van der Waals surface area (Å²) < 4.78 is 1.93. The van der Waals surface area contributed by atoms with E-state index in [0.717, 1.165) is 9.32 Å². The van der Waals surface area contributed by atoms with Crippen LogP contribution in [0.15, 0.2) is 42.9 Å². The molecule has 0 unspecified atom stereocenters. The van der Waals surface area contributed by atoms with Gasteiger partial charge in [-0.3, -0.25) is 0 Å². The Kier molecular flexibility index (Phi) is 2.65. The van der Waals surface area contributed by atoms with Gasteiger partial charge in [0.2, 0.25) is 0 Å². The molecule has 0 aromatic carbocycles. The molecule has 0 fully saturated rings. The van der Waals surface area contributed by atoms with Crippen molar-refractivity contribution in [3.63, 3.8) is 0 Å². The number of pyridine rings is 1. The second-order valence-corrected chi connectivity index (χ2v) is 4.37. The van der Waals surface area contributed by atoms with Crippen LogP contribution in [-0.2, 0) is 0 Å². The summed E-state index contributed by atoms with van der Waals surface area (Å²) in [6.45, 7) is 0. The molecule has 0 atom stereocenters. The van der Waals surface area contributed by atoms with Gasteiger partial charge in [-0.15, -0.1) is 0 Å². The van der Waals surface area contributed by atoms with Crippen molar-refractivity contribution in [2.24, 2.45) is 0 Å². The molecule has 13 heavy (non-hydrogen) atoms. The fourth-order valence-corrected chi connectivity index (χ4v) is 2.25. The molecule has 2 aromatic rings.